The van der Waals surface area contributed by atoms with Crippen molar-refractivity contribution in [3.63, 3.8) is 0 Å². The lowest BCUT2D eigenvalue weighted by Gasteiger charge is -2.33. The standard InChI is InChI=1S/C60H35BN4O/c1-4-18-36(19-5-1)62-44-29-13-10-24-39(44)51-47(62)34-35-50-56(51)61-43-28-16-27-42-54-59-52(40-25-11-14-30-45(40)64(59)38-22-8-3-9-23-38)58-53(41-26-12-15-31-46(41)63(58)37-20-6-2-7-21-37)60(54)65(57(42)43)48-32-17-33-49(66-50)55(48)61/h1-35H. The maximum Gasteiger partial charge on any atom is 0.257 e. The molecule has 0 saturated heterocycles. The van der Waals surface area contributed by atoms with Crippen LogP contribution in [0.3, 0.4) is 0 Å². The molecule has 5 nitrogen and oxygen atoms in total. The van der Waals surface area contributed by atoms with Crippen molar-refractivity contribution in [3.05, 3.63) is 212 Å². The quantitative estimate of drug-likeness (QED) is 0.163. The summed E-state index contributed by atoms with van der Waals surface area (Å²) in [5.74, 6) is 1.82. The summed E-state index contributed by atoms with van der Waals surface area (Å²) in [5.41, 5.74) is 17.9. The molecule has 6 heteroatoms. The fourth-order valence-electron chi connectivity index (χ4n) is 12.4. The summed E-state index contributed by atoms with van der Waals surface area (Å²) in [7, 11) is 0. The lowest BCUT2D eigenvalue weighted by Crippen LogP contribution is -2.58. The van der Waals surface area contributed by atoms with Crippen LogP contribution in [-0.4, -0.2) is 25.0 Å². The van der Waals surface area contributed by atoms with Gasteiger partial charge in [-0.05, 0) is 95.3 Å². The van der Waals surface area contributed by atoms with Crippen molar-refractivity contribution in [1.29, 1.82) is 0 Å². The first kappa shape index (κ1) is 34.7. The normalized spacial score (nSPS) is 12.9. The predicted molar refractivity (Wildman–Crippen MR) is 275 cm³/mol. The summed E-state index contributed by atoms with van der Waals surface area (Å²) < 4.78 is 17.3. The number of nitrogens with zero attached hydrogens (tertiary/aromatic N) is 4. The number of benzene rings is 10. The van der Waals surface area contributed by atoms with Gasteiger partial charge in [-0.2, -0.15) is 0 Å². The van der Waals surface area contributed by atoms with Crippen LogP contribution in [0, 0.1) is 0 Å². The first-order valence-corrected chi connectivity index (χ1v) is 22.8. The molecule has 14 aromatic rings. The second-order valence-corrected chi connectivity index (χ2v) is 17.9. The Labute approximate surface area is 378 Å². The van der Waals surface area contributed by atoms with Gasteiger partial charge in [0.2, 0.25) is 0 Å². The third-order valence-corrected chi connectivity index (χ3v) is 14.8. The molecule has 0 bridgehead atoms. The maximum absolute atomic E-state index is 7.17. The fourth-order valence-corrected chi connectivity index (χ4v) is 12.4. The average molecular weight is 839 g/mol. The number of ether oxygens (including phenoxy) is 1. The van der Waals surface area contributed by atoms with Gasteiger partial charge in [0.25, 0.3) is 6.71 Å². The van der Waals surface area contributed by atoms with Crippen LogP contribution >= 0.6 is 0 Å². The number of fused-ring (bicyclic) bond motifs is 20. The van der Waals surface area contributed by atoms with Crippen LogP contribution in [0.1, 0.15) is 0 Å². The van der Waals surface area contributed by atoms with Crippen molar-refractivity contribution in [2.75, 3.05) is 0 Å². The molecule has 16 rings (SSSR count). The minimum absolute atomic E-state index is 0.0872. The largest absolute Gasteiger partial charge is 0.458 e. The molecule has 6 heterocycles. The van der Waals surface area contributed by atoms with Crippen LogP contribution in [0.15, 0.2) is 212 Å². The van der Waals surface area contributed by atoms with Gasteiger partial charge in [-0.3, -0.25) is 0 Å². The monoisotopic (exact) mass is 838 g/mol. The van der Waals surface area contributed by atoms with E-state index in [9.17, 15) is 0 Å². The van der Waals surface area contributed by atoms with Gasteiger partial charge >= 0.3 is 0 Å². The Hall–Kier alpha value is -8.74. The lowest BCUT2D eigenvalue weighted by atomic mass is 9.34. The summed E-state index contributed by atoms with van der Waals surface area (Å²) >= 11 is 0. The van der Waals surface area contributed by atoms with E-state index in [2.05, 4.69) is 231 Å². The van der Waals surface area contributed by atoms with Crippen molar-refractivity contribution in [2.24, 2.45) is 0 Å². The third kappa shape index (κ3) is 4.18. The van der Waals surface area contributed by atoms with Crippen molar-refractivity contribution in [2.45, 2.75) is 0 Å². The summed E-state index contributed by atoms with van der Waals surface area (Å²) in [5, 5.41) is 9.91. The number of rotatable bonds is 3. The van der Waals surface area contributed by atoms with E-state index in [1.54, 1.807) is 0 Å². The molecule has 0 saturated carbocycles. The highest BCUT2D eigenvalue weighted by molar-refractivity contribution is 7.01. The molecule has 0 aliphatic carbocycles. The molecule has 4 aromatic heterocycles. The van der Waals surface area contributed by atoms with Crippen molar-refractivity contribution in [1.82, 2.24) is 18.3 Å². The Morgan fingerprint density at radius 1 is 0.288 bits per heavy atom. The summed E-state index contributed by atoms with van der Waals surface area (Å²) in [6.45, 7) is -0.0872. The minimum atomic E-state index is -0.0872. The molecule has 66 heavy (non-hydrogen) atoms. The number of hydrogen-bond acceptors (Lipinski definition) is 1. The van der Waals surface area contributed by atoms with E-state index in [-0.39, 0.29) is 6.71 Å². The van der Waals surface area contributed by atoms with Gasteiger partial charge in [-0.15, -0.1) is 0 Å². The molecular weight excluding hydrogens is 803 g/mol. The van der Waals surface area contributed by atoms with Crippen molar-refractivity contribution in [3.8, 4) is 34.2 Å². The summed E-state index contributed by atoms with van der Waals surface area (Å²) in [4.78, 5) is 0. The predicted octanol–water partition coefficient (Wildman–Crippen LogP) is 13.0. The zero-order chi connectivity index (χ0) is 42.8. The molecule has 304 valence electrons. The Morgan fingerprint density at radius 3 is 1.35 bits per heavy atom. The second kappa shape index (κ2) is 12.5. The highest BCUT2D eigenvalue weighted by atomic mass is 16.5. The highest BCUT2D eigenvalue weighted by Crippen LogP contribution is 2.51. The van der Waals surface area contributed by atoms with Gasteiger partial charge in [0, 0.05) is 71.4 Å². The van der Waals surface area contributed by atoms with E-state index in [1.807, 2.05) is 0 Å². The van der Waals surface area contributed by atoms with E-state index >= 15 is 0 Å². The molecule has 0 fully saturated rings. The SMILES string of the molecule is c1ccc(-n2c3ccccc3c3c4c(ccc32)Oc2cccc3c2B4c2cccc4c5c6c(c7ccccc7n6-c6ccccc6)c6c(c7ccccc7n6-c6ccccc6)c5n-3c24)cc1. The van der Waals surface area contributed by atoms with Gasteiger partial charge in [-0.1, -0.05) is 133 Å². The number of aromatic nitrogens is 4. The molecule has 10 aromatic carbocycles. The zero-order valence-corrected chi connectivity index (χ0v) is 35.5. The first-order valence-electron chi connectivity index (χ1n) is 22.8. The van der Waals surface area contributed by atoms with E-state index in [4.69, 9.17) is 4.74 Å². The van der Waals surface area contributed by atoms with Crippen molar-refractivity contribution < 1.29 is 4.74 Å². The fraction of sp³-hybridized carbons (Fsp3) is 0. The lowest BCUT2D eigenvalue weighted by molar-refractivity contribution is 0.488. The smallest absolute Gasteiger partial charge is 0.257 e. The molecule has 0 unspecified atom stereocenters. The summed E-state index contributed by atoms with van der Waals surface area (Å²) in [6, 6.07) is 77.7. The van der Waals surface area contributed by atoms with Gasteiger partial charge in [0.15, 0.2) is 0 Å². The van der Waals surface area contributed by atoms with Crippen LogP contribution in [0.2, 0.25) is 0 Å². The Morgan fingerprint density at radius 2 is 0.742 bits per heavy atom. The molecular formula is C60H35BN4O. The van der Waals surface area contributed by atoms with Crippen LogP contribution in [-0.2, 0) is 0 Å². The van der Waals surface area contributed by atoms with E-state index in [0.29, 0.717) is 0 Å². The molecule has 0 N–H and O–H groups in total. The van der Waals surface area contributed by atoms with Crippen LogP contribution < -0.4 is 21.1 Å². The van der Waals surface area contributed by atoms with Gasteiger partial charge in [0.05, 0.1) is 38.6 Å². The Bertz CT molecular complexity index is 4420. The highest BCUT2D eigenvalue weighted by Gasteiger charge is 2.43. The minimum Gasteiger partial charge on any atom is -0.458 e. The zero-order valence-electron chi connectivity index (χ0n) is 35.5. The van der Waals surface area contributed by atoms with Gasteiger partial charge in [-0.25, -0.2) is 0 Å². The van der Waals surface area contributed by atoms with Crippen LogP contribution in [0.4, 0.5) is 0 Å². The number of hydrogen-bond donors (Lipinski definition) is 0. The maximum atomic E-state index is 7.17. The number of para-hydroxylation sites is 7. The Kier molecular flexibility index (Phi) is 6.57. The topological polar surface area (TPSA) is 28.9 Å². The van der Waals surface area contributed by atoms with Crippen LogP contribution in [0.5, 0.6) is 11.5 Å². The van der Waals surface area contributed by atoms with Crippen LogP contribution in [0.25, 0.3) is 110 Å². The summed E-state index contributed by atoms with van der Waals surface area (Å²) in [6.07, 6.45) is 0. The molecule has 2 aliphatic heterocycles. The molecule has 0 spiro atoms. The third-order valence-electron chi connectivity index (χ3n) is 14.8. The van der Waals surface area contributed by atoms with Crippen molar-refractivity contribution >= 4 is 110 Å². The molecule has 2 aliphatic rings. The Balaban J connectivity index is 1.16. The molecule has 0 radical (unpaired) electrons. The van der Waals surface area contributed by atoms with Gasteiger partial charge < -0.3 is 23.0 Å². The van der Waals surface area contributed by atoms with E-state index in [1.165, 1.54) is 104 Å². The molecule has 0 atom stereocenters. The first-order chi connectivity index (χ1) is 32.8. The average Bonchev–Trinajstić information content (AvgIpc) is 4.11. The second-order valence-electron chi connectivity index (χ2n) is 17.9. The van der Waals surface area contributed by atoms with E-state index < -0.39 is 0 Å². The van der Waals surface area contributed by atoms with E-state index in [0.717, 1.165) is 34.2 Å². The van der Waals surface area contributed by atoms with Gasteiger partial charge in [0.1, 0.15) is 11.5 Å². The molecule has 0 amide bonds.